The summed E-state index contributed by atoms with van der Waals surface area (Å²) in [6.07, 6.45) is 3.44. The highest BCUT2D eigenvalue weighted by atomic mass is 32.2. The van der Waals surface area contributed by atoms with E-state index in [-0.39, 0.29) is 4.90 Å². The smallest absolute Gasteiger partial charge is 0.242 e. The molecule has 1 fully saturated rings. The number of hydrogen-bond acceptors (Lipinski definition) is 5. The minimum absolute atomic E-state index is 0.370. The molecule has 1 saturated heterocycles. The third-order valence-corrected chi connectivity index (χ3v) is 5.61. The van der Waals surface area contributed by atoms with Crippen molar-refractivity contribution in [2.45, 2.75) is 36.9 Å². The summed E-state index contributed by atoms with van der Waals surface area (Å²) in [4.78, 5) is -0.370. The molecule has 0 unspecified atom stereocenters. The molecule has 0 bridgehead atoms. The van der Waals surface area contributed by atoms with Gasteiger partial charge in [0, 0.05) is 24.9 Å². The summed E-state index contributed by atoms with van der Waals surface area (Å²) in [6, 6.07) is 4.62. The maximum Gasteiger partial charge on any atom is 0.242 e. The summed E-state index contributed by atoms with van der Waals surface area (Å²) < 4.78 is 49.0. The molecule has 1 aromatic carbocycles. The minimum atomic E-state index is -4.07. The second-order valence-electron chi connectivity index (χ2n) is 5.66. The number of halogens is 1. The topological polar surface area (TPSA) is 97.0 Å². The van der Waals surface area contributed by atoms with E-state index >= 15 is 0 Å². The van der Waals surface area contributed by atoms with E-state index in [4.69, 9.17) is 10.00 Å². The van der Waals surface area contributed by atoms with Crippen LogP contribution in [0.5, 0.6) is 0 Å². The van der Waals surface area contributed by atoms with Gasteiger partial charge in [-0.05, 0) is 25.5 Å². The van der Waals surface area contributed by atoms with Crippen molar-refractivity contribution in [3.63, 3.8) is 0 Å². The van der Waals surface area contributed by atoms with Crippen LogP contribution in [0.2, 0.25) is 0 Å². The van der Waals surface area contributed by atoms with Gasteiger partial charge in [-0.15, -0.1) is 0 Å². The average Bonchev–Trinajstić information content (AvgIpc) is 3.22. The van der Waals surface area contributed by atoms with Crippen LogP contribution in [0.3, 0.4) is 0 Å². The van der Waals surface area contributed by atoms with Gasteiger partial charge in [-0.2, -0.15) is 10.4 Å². The Balaban J connectivity index is 1.88. The average molecular weight is 364 g/mol. The third-order valence-electron chi connectivity index (χ3n) is 4.08. The van der Waals surface area contributed by atoms with Crippen LogP contribution in [-0.2, 0) is 21.3 Å². The fraction of sp³-hybridized carbons (Fsp3) is 0.375. The van der Waals surface area contributed by atoms with Crippen molar-refractivity contribution < 1.29 is 17.5 Å². The fourth-order valence-corrected chi connectivity index (χ4v) is 4.27. The standard InChI is InChI=1S/C16H17FN4O3S/c1-2-21-10-11(9-19-21)16-14(6-7-24-16)20-25(22,23)15-5-3-4-13(17)12(15)8-18/h3-5,9-10,14,16,20H,2,6-7H2,1H3/t14-,16+/m0/s1. The molecule has 0 saturated carbocycles. The molecular formula is C16H17FN4O3S. The van der Waals surface area contributed by atoms with Gasteiger partial charge >= 0.3 is 0 Å². The first-order valence-electron chi connectivity index (χ1n) is 7.81. The van der Waals surface area contributed by atoms with Crippen LogP contribution in [0.15, 0.2) is 35.5 Å². The van der Waals surface area contributed by atoms with Gasteiger partial charge in [-0.3, -0.25) is 4.68 Å². The second-order valence-corrected chi connectivity index (χ2v) is 7.34. The van der Waals surface area contributed by atoms with Gasteiger partial charge in [-0.1, -0.05) is 6.07 Å². The summed E-state index contributed by atoms with van der Waals surface area (Å²) >= 11 is 0. The maximum atomic E-state index is 13.7. The van der Waals surface area contributed by atoms with E-state index in [1.807, 2.05) is 6.92 Å². The van der Waals surface area contributed by atoms with Crippen LogP contribution in [0.1, 0.15) is 30.6 Å². The van der Waals surface area contributed by atoms with Crippen molar-refractivity contribution >= 4 is 10.0 Å². The third kappa shape index (κ3) is 3.42. The molecule has 2 aromatic rings. The number of aryl methyl sites for hydroxylation is 1. The molecule has 2 atom stereocenters. The normalized spacial score (nSPS) is 20.5. The Morgan fingerprint density at radius 3 is 3.00 bits per heavy atom. The Morgan fingerprint density at radius 2 is 2.32 bits per heavy atom. The number of nitriles is 1. The molecule has 0 amide bonds. The van der Waals surface area contributed by atoms with Crippen LogP contribution in [0.25, 0.3) is 0 Å². The summed E-state index contributed by atoms with van der Waals surface area (Å²) in [6.45, 7) is 3.03. The van der Waals surface area contributed by atoms with Gasteiger partial charge in [0.25, 0.3) is 0 Å². The number of hydrogen-bond donors (Lipinski definition) is 1. The van der Waals surface area contributed by atoms with Crippen molar-refractivity contribution in [2.24, 2.45) is 0 Å². The lowest BCUT2D eigenvalue weighted by Crippen LogP contribution is -2.37. The molecule has 2 heterocycles. The van der Waals surface area contributed by atoms with Gasteiger partial charge in [0.15, 0.2) is 0 Å². The van der Waals surface area contributed by atoms with Crippen molar-refractivity contribution in [2.75, 3.05) is 6.61 Å². The van der Waals surface area contributed by atoms with E-state index in [1.165, 1.54) is 12.1 Å². The molecule has 0 aliphatic carbocycles. The van der Waals surface area contributed by atoms with E-state index in [9.17, 15) is 12.8 Å². The highest BCUT2D eigenvalue weighted by Gasteiger charge is 2.35. The zero-order valence-corrected chi connectivity index (χ0v) is 14.3. The fourth-order valence-electron chi connectivity index (χ4n) is 2.84. The van der Waals surface area contributed by atoms with E-state index in [0.717, 1.165) is 11.6 Å². The molecule has 3 rings (SSSR count). The van der Waals surface area contributed by atoms with Crippen molar-refractivity contribution in [3.8, 4) is 6.07 Å². The Labute approximate surface area is 145 Å². The number of rotatable bonds is 5. The van der Waals surface area contributed by atoms with E-state index in [2.05, 4.69) is 9.82 Å². The molecule has 7 nitrogen and oxygen atoms in total. The van der Waals surface area contributed by atoms with Crippen LogP contribution in [0, 0.1) is 17.1 Å². The van der Waals surface area contributed by atoms with Gasteiger partial charge in [-0.25, -0.2) is 17.5 Å². The van der Waals surface area contributed by atoms with Gasteiger partial charge < -0.3 is 4.74 Å². The number of nitrogens with zero attached hydrogens (tertiary/aromatic N) is 3. The second kappa shape index (κ2) is 6.92. The molecule has 132 valence electrons. The Bertz CT molecular complexity index is 920. The highest BCUT2D eigenvalue weighted by molar-refractivity contribution is 7.89. The molecule has 1 N–H and O–H groups in total. The van der Waals surface area contributed by atoms with Gasteiger partial charge in [0.05, 0.1) is 12.2 Å². The number of benzene rings is 1. The maximum absolute atomic E-state index is 13.7. The Hall–Kier alpha value is -2.28. The quantitative estimate of drug-likeness (QED) is 0.871. The van der Waals surface area contributed by atoms with Crippen LogP contribution >= 0.6 is 0 Å². The largest absolute Gasteiger partial charge is 0.372 e. The van der Waals surface area contributed by atoms with Crippen molar-refractivity contribution in [1.29, 1.82) is 5.26 Å². The van der Waals surface area contributed by atoms with Gasteiger partial charge in [0.1, 0.15) is 28.4 Å². The molecule has 25 heavy (non-hydrogen) atoms. The monoisotopic (exact) mass is 364 g/mol. The first-order chi connectivity index (χ1) is 12.0. The van der Waals surface area contributed by atoms with E-state index < -0.39 is 33.5 Å². The zero-order chi connectivity index (χ0) is 18.0. The lowest BCUT2D eigenvalue weighted by atomic mass is 10.1. The molecular weight excluding hydrogens is 347 g/mol. The predicted octanol–water partition coefficient (Wildman–Crippen LogP) is 1.72. The minimum Gasteiger partial charge on any atom is -0.372 e. The Morgan fingerprint density at radius 1 is 1.52 bits per heavy atom. The number of sulfonamides is 1. The number of nitrogens with one attached hydrogen (secondary N) is 1. The molecule has 1 aliphatic heterocycles. The van der Waals surface area contributed by atoms with Crippen LogP contribution in [0.4, 0.5) is 4.39 Å². The predicted molar refractivity (Wildman–Crippen MR) is 86.4 cm³/mol. The first kappa shape index (κ1) is 17.5. The summed E-state index contributed by atoms with van der Waals surface area (Å²) in [5, 5.41) is 13.2. The zero-order valence-electron chi connectivity index (χ0n) is 13.5. The molecule has 1 aromatic heterocycles. The van der Waals surface area contributed by atoms with Crippen molar-refractivity contribution in [1.82, 2.24) is 14.5 Å². The summed E-state index contributed by atoms with van der Waals surface area (Å²) in [5.74, 6) is -0.867. The Kier molecular flexibility index (Phi) is 4.85. The van der Waals surface area contributed by atoms with E-state index in [1.54, 1.807) is 23.1 Å². The summed E-state index contributed by atoms with van der Waals surface area (Å²) in [7, 11) is -4.07. The summed E-state index contributed by atoms with van der Waals surface area (Å²) in [5.41, 5.74) is 0.274. The van der Waals surface area contributed by atoms with Crippen LogP contribution in [-0.4, -0.2) is 30.8 Å². The number of ether oxygens (including phenoxy) is 1. The van der Waals surface area contributed by atoms with Crippen LogP contribution < -0.4 is 4.72 Å². The van der Waals surface area contributed by atoms with Gasteiger partial charge in [0.2, 0.25) is 10.0 Å². The number of aromatic nitrogens is 2. The SMILES string of the molecule is CCn1cc([C@H]2OCC[C@@H]2NS(=O)(=O)c2cccc(F)c2C#N)cn1. The lowest BCUT2D eigenvalue weighted by Gasteiger charge is -2.19. The lowest BCUT2D eigenvalue weighted by molar-refractivity contribution is 0.102. The molecule has 0 spiro atoms. The molecule has 1 aliphatic rings. The van der Waals surface area contributed by atoms with Crippen molar-refractivity contribution in [3.05, 3.63) is 47.5 Å². The molecule has 0 radical (unpaired) electrons. The highest BCUT2D eigenvalue weighted by Crippen LogP contribution is 2.30. The first-order valence-corrected chi connectivity index (χ1v) is 9.29. The molecule has 9 heteroatoms. The van der Waals surface area contributed by atoms with E-state index in [0.29, 0.717) is 19.6 Å².